The van der Waals surface area contributed by atoms with Crippen LogP contribution in [0.4, 0.5) is 16.2 Å². The number of nitrogens with one attached hydrogen (secondary N) is 1. The van der Waals surface area contributed by atoms with Crippen molar-refractivity contribution in [3.63, 3.8) is 0 Å². The number of aliphatic carboxylic acids is 1. The van der Waals surface area contributed by atoms with Gasteiger partial charge >= 0.3 is 5.97 Å². The Labute approximate surface area is 170 Å². The van der Waals surface area contributed by atoms with E-state index in [0.717, 1.165) is 16.7 Å². The summed E-state index contributed by atoms with van der Waals surface area (Å²) in [5, 5.41) is 10.2. The third kappa shape index (κ3) is 4.94. The highest BCUT2D eigenvalue weighted by Gasteiger charge is 2.41. The van der Waals surface area contributed by atoms with Crippen molar-refractivity contribution < 1.29 is 29.0 Å². The van der Waals surface area contributed by atoms with Crippen molar-refractivity contribution in [1.29, 1.82) is 0 Å². The van der Waals surface area contributed by atoms with Gasteiger partial charge in [-0.25, -0.2) is 4.90 Å². The molecule has 1 unspecified atom stereocenters. The smallest absolute Gasteiger partial charge is 0.307 e. The van der Waals surface area contributed by atoms with Crippen molar-refractivity contribution in [2.45, 2.75) is 18.1 Å². The average Bonchev–Trinajstić information content (AvgIpc) is 2.96. The molecule has 1 aliphatic rings. The molecule has 2 aromatic rings. The van der Waals surface area contributed by atoms with Crippen LogP contribution in [0.2, 0.25) is 0 Å². The van der Waals surface area contributed by atoms with Crippen LogP contribution in [0, 0.1) is 0 Å². The molecule has 0 bridgehead atoms. The highest BCUT2D eigenvalue weighted by molar-refractivity contribution is 8.15. The summed E-state index contributed by atoms with van der Waals surface area (Å²) in [6, 6.07) is 12.9. The van der Waals surface area contributed by atoms with Gasteiger partial charge in [0.2, 0.25) is 11.8 Å². The van der Waals surface area contributed by atoms with Crippen molar-refractivity contribution in [2.75, 3.05) is 17.3 Å². The number of carbonyl (C=O) groups is 4. The van der Waals surface area contributed by atoms with E-state index in [1.54, 1.807) is 48.5 Å². The number of amides is 3. The van der Waals surface area contributed by atoms with Crippen LogP contribution in [0.3, 0.4) is 0 Å². The van der Waals surface area contributed by atoms with Gasteiger partial charge in [-0.3, -0.25) is 19.2 Å². The Hall–Kier alpha value is -3.33. The first kappa shape index (κ1) is 20.4. The minimum atomic E-state index is -0.940. The molecule has 1 heterocycles. The zero-order valence-corrected chi connectivity index (χ0v) is 16.3. The quantitative estimate of drug-likeness (QED) is 0.716. The maximum absolute atomic E-state index is 12.6. The van der Waals surface area contributed by atoms with Crippen LogP contribution in [-0.4, -0.2) is 40.5 Å². The number of nitrogens with zero attached hydrogens (tertiary/aromatic N) is 1. The summed E-state index contributed by atoms with van der Waals surface area (Å²) in [6.45, 7) is 0. The lowest BCUT2D eigenvalue weighted by molar-refractivity contribution is -0.136. The maximum Gasteiger partial charge on any atom is 0.307 e. The molecule has 1 atom stereocenters. The second-order valence-electron chi connectivity index (χ2n) is 6.26. The van der Waals surface area contributed by atoms with Crippen LogP contribution < -0.4 is 15.0 Å². The van der Waals surface area contributed by atoms with Gasteiger partial charge in [-0.05, 0) is 53.7 Å². The first-order chi connectivity index (χ1) is 13.9. The molecule has 150 valence electrons. The van der Waals surface area contributed by atoms with Crippen LogP contribution in [0.15, 0.2) is 48.5 Å². The van der Waals surface area contributed by atoms with Gasteiger partial charge < -0.3 is 15.2 Å². The summed E-state index contributed by atoms with van der Waals surface area (Å²) >= 11 is 0.815. The summed E-state index contributed by atoms with van der Waals surface area (Å²) in [4.78, 5) is 48.9. The number of carboxylic acids is 1. The number of ether oxygens (including phenoxy) is 1. The molecular formula is C20H18N2O6S. The number of carboxylic acid groups (broad SMARTS) is 1. The average molecular weight is 414 g/mol. The van der Waals surface area contributed by atoms with Gasteiger partial charge in [0.25, 0.3) is 5.24 Å². The maximum atomic E-state index is 12.6. The Bertz CT molecular complexity index is 942. The first-order valence-corrected chi connectivity index (χ1v) is 9.54. The molecule has 1 aliphatic heterocycles. The van der Waals surface area contributed by atoms with E-state index in [0.29, 0.717) is 22.7 Å². The van der Waals surface area contributed by atoms with Crippen molar-refractivity contribution in [1.82, 2.24) is 0 Å². The lowest BCUT2D eigenvalue weighted by Gasteiger charge is -2.14. The third-order valence-electron chi connectivity index (χ3n) is 4.22. The van der Waals surface area contributed by atoms with E-state index in [-0.39, 0.29) is 12.8 Å². The summed E-state index contributed by atoms with van der Waals surface area (Å²) in [5.74, 6) is -1.20. The van der Waals surface area contributed by atoms with E-state index < -0.39 is 28.3 Å². The molecule has 0 aliphatic carbocycles. The standard InChI is InChI=1S/C20H18N2O6S/c1-28-15-8-6-14(7-9-15)22-19(26)16(29-20(22)27)11-17(23)21-13-4-2-12(3-5-13)10-18(24)25/h2-9,16H,10-11H2,1H3,(H,21,23)(H,24,25). The van der Waals surface area contributed by atoms with E-state index in [1.807, 2.05) is 0 Å². The molecule has 1 saturated heterocycles. The number of thioether (sulfide) groups is 1. The number of methoxy groups -OCH3 is 1. The van der Waals surface area contributed by atoms with Crippen LogP contribution in [-0.2, 0) is 20.8 Å². The first-order valence-electron chi connectivity index (χ1n) is 8.66. The third-order valence-corrected chi connectivity index (χ3v) is 5.25. The van der Waals surface area contributed by atoms with Gasteiger partial charge in [0.1, 0.15) is 11.0 Å². The SMILES string of the molecule is COc1ccc(N2C(=O)SC(CC(=O)Nc3ccc(CC(=O)O)cc3)C2=O)cc1. The molecule has 3 amide bonds. The van der Waals surface area contributed by atoms with Gasteiger partial charge in [-0.15, -0.1) is 0 Å². The van der Waals surface area contributed by atoms with Crippen molar-refractivity contribution in [3.05, 3.63) is 54.1 Å². The molecule has 2 N–H and O–H groups in total. The number of hydrogen-bond donors (Lipinski definition) is 2. The van der Waals surface area contributed by atoms with Crippen LogP contribution >= 0.6 is 11.8 Å². The lowest BCUT2D eigenvalue weighted by Crippen LogP contribution is -2.32. The van der Waals surface area contributed by atoms with Gasteiger partial charge in [-0.2, -0.15) is 0 Å². The Morgan fingerprint density at radius 1 is 1.10 bits per heavy atom. The topological polar surface area (TPSA) is 113 Å². The number of anilines is 2. The van der Waals surface area contributed by atoms with E-state index in [2.05, 4.69) is 5.32 Å². The molecular weight excluding hydrogens is 396 g/mol. The molecule has 0 spiro atoms. The van der Waals surface area contributed by atoms with E-state index in [9.17, 15) is 19.2 Å². The molecule has 0 saturated carbocycles. The number of imide groups is 1. The fourth-order valence-electron chi connectivity index (χ4n) is 2.81. The van der Waals surface area contributed by atoms with E-state index in [1.165, 1.54) is 7.11 Å². The zero-order valence-electron chi connectivity index (χ0n) is 15.5. The zero-order chi connectivity index (χ0) is 21.0. The predicted molar refractivity (Wildman–Crippen MR) is 108 cm³/mol. The highest BCUT2D eigenvalue weighted by Crippen LogP contribution is 2.34. The molecule has 9 heteroatoms. The van der Waals surface area contributed by atoms with E-state index >= 15 is 0 Å². The van der Waals surface area contributed by atoms with Gasteiger partial charge in [0.05, 0.1) is 19.2 Å². The number of carbonyl (C=O) groups excluding carboxylic acids is 3. The minimum absolute atomic E-state index is 0.106. The predicted octanol–water partition coefficient (Wildman–Crippen LogP) is 2.92. The summed E-state index contributed by atoms with van der Waals surface area (Å²) < 4.78 is 5.07. The molecule has 29 heavy (non-hydrogen) atoms. The molecule has 3 rings (SSSR count). The van der Waals surface area contributed by atoms with E-state index in [4.69, 9.17) is 9.84 Å². The number of hydrogen-bond acceptors (Lipinski definition) is 6. The van der Waals surface area contributed by atoms with Gasteiger partial charge in [0.15, 0.2) is 0 Å². The fourth-order valence-corrected chi connectivity index (χ4v) is 3.80. The Morgan fingerprint density at radius 3 is 2.34 bits per heavy atom. The Balaban J connectivity index is 1.61. The van der Waals surface area contributed by atoms with Crippen molar-refractivity contribution >= 4 is 46.2 Å². The monoisotopic (exact) mass is 414 g/mol. The van der Waals surface area contributed by atoms with Gasteiger partial charge in [-0.1, -0.05) is 12.1 Å². The summed E-state index contributed by atoms with van der Waals surface area (Å²) in [7, 11) is 1.52. The molecule has 0 radical (unpaired) electrons. The Kier molecular flexibility index (Phi) is 6.18. The molecule has 1 fully saturated rings. The largest absolute Gasteiger partial charge is 0.497 e. The van der Waals surface area contributed by atoms with Crippen LogP contribution in [0.1, 0.15) is 12.0 Å². The Morgan fingerprint density at radius 2 is 1.76 bits per heavy atom. The second-order valence-corrected chi connectivity index (χ2v) is 7.42. The van der Waals surface area contributed by atoms with Crippen LogP contribution in [0.5, 0.6) is 5.75 Å². The lowest BCUT2D eigenvalue weighted by atomic mass is 10.1. The van der Waals surface area contributed by atoms with Crippen LogP contribution in [0.25, 0.3) is 0 Å². The molecule has 0 aromatic heterocycles. The fraction of sp³-hybridized carbons (Fsp3) is 0.200. The molecule has 8 nitrogen and oxygen atoms in total. The normalized spacial score (nSPS) is 16.0. The second kappa shape index (κ2) is 8.78. The number of rotatable bonds is 7. The van der Waals surface area contributed by atoms with Crippen molar-refractivity contribution in [2.24, 2.45) is 0 Å². The summed E-state index contributed by atoms with van der Waals surface area (Å²) in [6.07, 6.45) is -0.260. The minimum Gasteiger partial charge on any atom is -0.497 e. The van der Waals surface area contributed by atoms with Crippen molar-refractivity contribution in [3.8, 4) is 5.75 Å². The highest BCUT2D eigenvalue weighted by atomic mass is 32.2. The molecule has 2 aromatic carbocycles. The number of benzene rings is 2. The summed E-state index contributed by atoms with van der Waals surface area (Å²) in [5.41, 5.74) is 1.51. The van der Waals surface area contributed by atoms with Gasteiger partial charge in [0, 0.05) is 12.1 Å².